The van der Waals surface area contributed by atoms with E-state index < -0.39 is 0 Å². The summed E-state index contributed by atoms with van der Waals surface area (Å²) in [5.41, 5.74) is 5.85. The Morgan fingerprint density at radius 2 is 2.46 bits per heavy atom. The van der Waals surface area contributed by atoms with Crippen molar-refractivity contribution in [2.24, 2.45) is 5.73 Å². The summed E-state index contributed by atoms with van der Waals surface area (Å²) in [5.74, 6) is 0.814. The maximum atomic E-state index is 5.85. The smallest absolute Gasteiger partial charge is 0.211 e. The van der Waals surface area contributed by atoms with Gasteiger partial charge < -0.3 is 10.2 Å². The molecule has 1 aromatic rings. The number of hydrogen-bond acceptors (Lipinski definition) is 4. The molecule has 0 aliphatic carbocycles. The third-order valence-corrected chi connectivity index (χ3v) is 2.60. The van der Waals surface area contributed by atoms with Gasteiger partial charge in [0.25, 0.3) is 0 Å². The van der Waals surface area contributed by atoms with E-state index in [-0.39, 0.29) is 0 Å². The van der Waals surface area contributed by atoms with Gasteiger partial charge in [-0.1, -0.05) is 0 Å². The lowest BCUT2D eigenvalue weighted by molar-refractivity contribution is 0.144. The summed E-state index contributed by atoms with van der Waals surface area (Å²) in [6, 6.07) is 0.617. The van der Waals surface area contributed by atoms with Crippen LogP contribution in [0, 0.1) is 0 Å². The first-order valence-corrected chi connectivity index (χ1v) is 4.62. The minimum Gasteiger partial charge on any atom is -0.447 e. The molecular weight excluding hydrogens is 166 g/mol. The molecule has 2 heterocycles. The Kier molecular flexibility index (Phi) is 2.33. The standard InChI is InChI=1S/C9H15N3O/c1-12-6-7(10)2-3-8(12)9-11-4-5-13-9/h4-5,7-8H,2-3,6,10H2,1H3. The number of piperidine rings is 1. The van der Waals surface area contributed by atoms with Crippen LogP contribution < -0.4 is 5.73 Å². The summed E-state index contributed by atoms with van der Waals surface area (Å²) in [5, 5.41) is 0. The van der Waals surface area contributed by atoms with E-state index >= 15 is 0 Å². The van der Waals surface area contributed by atoms with Gasteiger partial charge in [0, 0.05) is 12.6 Å². The number of nitrogens with two attached hydrogens (primary N) is 1. The molecule has 0 radical (unpaired) electrons. The third kappa shape index (κ3) is 1.73. The van der Waals surface area contributed by atoms with Crippen molar-refractivity contribution in [2.75, 3.05) is 13.6 Å². The van der Waals surface area contributed by atoms with Crippen LogP contribution in [0.5, 0.6) is 0 Å². The molecule has 72 valence electrons. The van der Waals surface area contributed by atoms with E-state index in [4.69, 9.17) is 10.2 Å². The van der Waals surface area contributed by atoms with Crippen LogP contribution in [0.1, 0.15) is 24.8 Å². The van der Waals surface area contributed by atoms with E-state index in [0.29, 0.717) is 12.1 Å². The molecule has 1 fully saturated rings. The van der Waals surface area contributed by atoms with Crippen molar-refractivity contribution in [3.8, 4) is 0 Å². The summed E-state index contributed by atoms with van der Waals surface area (Å²) >= 11 is 0. The van der Waals surface area contributed by atoms with Crippen molar-refractivity contribution in [3.05, 3.63) is 18.4 Å². The predicted octanol–water partition coefficient (Wildman–Crippen LogP) is 0.769. The van der Waals surface area contributed by atoms with Gasteiger partial charge >= 0.3 is 0 Å². The van der Waals surface area contributed by atoms with Gasteiger partial charge in [-0.05, 0) is 19.9 Å². The van der Waals surface area contributed by atoms with Crippen LogP contribution in [0.4, 0.5) is 0 Å². The molecule has 1 aliphatic rings. The lowest BCUT2D eigenvalue weighted by atomic mass is 9.99. The van der Waals surface area contributed by atoms with Crippen LogP contribution >= 0.6 is 0 Å². The molecule has 0 spiro atoms. The van der Waals surface area contributed by atoms with E-state index in [0.717, 1.165) is 25.3 Å². The summed E-state index contributed by atoms with van der Waals surface area (Å²) in [4.78, 5) is 6.37. The molecule has 0 aromatic carbocycles. The largest absolute Gasteiger partial charge is 0.447 e. The lowest BCUT2D eigenvalue weighted by Gasteiger charge is -2.33. The highest BCUT2D eigenvalue weighted by Crippen LogP contribution is 2.27. The topological polar surface area (TPSA) is 55.3 Å². The first-order valence-electron chi connectivity index (χ1n) is 4.62. The van der Waals surface area contributed by atoms with E-state index in [1.165, 1.54) is 0 Å². The van der Waals surface area contributed by atoms with Crippen LogP contribution in [-0.4, -0.2) is 29.5 Å². The molecule has 1 aromatic heterocycles. The fraction of sp³-hybridized carbons (Fsp3) is 0.667. The van der Waals surface area contributed by atoms with Gasteiger partial charge in [0.15, 0.2) is 0 Å². The van der Waals surface area contributed by atoms with Gasteiger partial charge in [0.1, 0.15) is 6.26 Å². The minimum absolute atomic E-state index is 0.302. The summed E-state index contributed by atoms with van der Waals surface area (Å²) in [7, 11) is 2.06. The molecule has 1 saturated heterocycles. The van der Waals surface area contributed by atoms with E-state index in [2.05, 4.69) is 16.9 Å². The number of likely N-dealkylation sites (N-methyl/N-ethyl adjacent to an activating group) is 1. The van der Waals surface area contributed by atoms with Crippen molar-refractivity contribution in [2.45, 2.75) is 24.9 Å². The summed E-state index contributed by atoms with van der Waals surface area (Å²) in [6.45, 7) is 0.924. The van der Waals surface area contributed by atoms with Crippen LogP contribution in [0.3, 0.4) is 0 Å². The maximum absolute atomic E-state index is 5.85. The molecule has 2 rings (SSSR count). The van der Waals surface area contributed by atoms with Crippen LogP contribution in [0.25, 0.3) is 0 Å². The zero-order valence-electron chi connectivity index (χ0n) is 7.81. The van der Waals surface area contributed by atoms with Gasteiger partial charge in [-0.25, -0.2) is 4.98 Å². The van der Waals surface area contributed by atoms with Gasteiger partial charge in [-0.3, -0.25) is 4.90 Å². The number of rotatable bonds is 1. The quantitative estimate of drug-likeness (QED) is 0.695. The zero-order valence-corrected chi connectivity index (χ0v) is 7.81. The normalized spacial score (nSPS) is 30.6. The van der Waals surface area contributed by atoms with Crippen LogP contribution in [0.15, 0.2) is 16.9 Å². The SMILES string of the molecule is CN1CC(N)CCC1c1ncco1. The molecule has 2 atom stereocenters. The Balaban J connectivity index is 2.08. The highest BCUT2D eigenvalue weighted by atomic mass is 16.3. The number of aromatic nitrogens is 1. The van der Waals surface area contributed by atoms with Gasteiger partial charge in [0.05, 0.1) is 12.2 Å². The van der Waals surface area contributed by atoms with Crippen LogP contribution in [0.2, 0.25) is 0 Å². The van der Waals surface area contributed by atoms with Crippen molar-refractivity contribution in [1.82, 2.24) is 9.88 Å². The molecule has 4 nitrogen and oxygen atoms in total. The van der Waals surface area contributed by atoms with Crippen molar-refractivity contribution in [3.63, 3.8) is 0 Å². The molecule has 0 amide bonds. The highest BCUT2D eigenvalue weighted by Gasteiger charge is 2.27. The molecule has 13 heavy (non-hydrogen) atoms. The van der Waals surface area contributed by atoms with E-state index in [1.54, 1.807) is 12.5 Å². The molecule has 1 aliphatic heterocycles. The number of likely N-dealkylation sites (tertiary alicyclic amines) is 1. The fourth-order valence-electron chi connectivity index (χ4n) is 1.89. The maximum Gasteiger partial charge on any atom is 0.211 e. The molecular formula is C9H15N3O. The van der Waals surface area contributed by atoms with Crippen molar-refractivity contribution < 1.29 is 4.42 Å². The molecule has 0 saturated carbocycles. The van der Waals surface area contributed by atoms with Crippen LogP contribution in [-0.2, 0) is 0 Å². The fourth-order valence-corrected chi connectivity index (χ4v) is 1.89. The number of nitrogens with zero attached hydrogens (tertiary/aromatic N) is 2. The third-order valence-electron chi connectivity index (χ3n) is 2.60. The average molecular weight is 181 g/mol. The molecule has 2 N–H and O–H groups in total. The Hall–Kier alpha value is -0.870. The molecule has 0 bridgehead atoms. The predicted molar refractivity (Wildman–Crippen MR) is 49.1 cm³/mol. The average Bonchev–Trinajstić information content (AvgIpc) is 2.56. The second-order valence-electron chi connectivity index (χ2n) is 3.66. The van der Waals surface area contributed by atoms with E-state index in [1.807, 2.05) is 0 Å². The van der Waals surface area contributed by atoms with Gasteiger partial charge in [0.2, 0.25) is 5.89 Å². The monoisotopic (exact) mass is 181 g/mol. The van der Waals surface area contributed by atoms with Crippen molar-refractivity contribution >= 4 is 0 Å². The Morgan fingerprint density at radius 1 is 1.62 bits per heavy atom. The number of oxazole rings is 1. The van der Waals surface area contributed by atoms with Gasteiger partial charge in [-0.15, -0.1) is 0 Å². The summed E-state index contributed by atoms with van der Waals surface area (Å²) in [6.07, 6.45) is 5.41. The van der Waals surface area contributed by atoms with E-state index in [9.17, 15) is 0 Å². The lowest BCUT2D eigenvalue weighted by Crippen LogP contribution is -2.42. The highest BCUT2D eigenvalue weighted by molar-refractivity contribution is 4.94. The Labute approximate surface area is 77.7 Å². The summed E-state index contributed by atoms with van der Waals surface area (Å²) < 4.78 is 5.29. The zero-order chi connectivity index (χ0) is 9.26. The first-order chi connectivity index (χ1) is 6.27. The first kappa shape index (κ1) is 8.72. The Bertz CT molecular complexity index is 260. The van der Waals surface area contributed by atoms with Crippen molar-refractivity contribution in [1.29, 1.82) is 0 Å². The second-order valence-corrected chi connectivity index (χ2v) is 3.66. The molecule has 2 unspecified atom stereocenters. The van der Waals surface area contributed by atoms with Gasteiger partial charge in [-0.2, -0.15) is 0 Å². The minimum atomic E-state index is 0.302. The molecule has 4 heteroatoms. The second kappa shape index (κ2) is 3.47. The Morgan fingerprint density at radius 3 is 3.08 bits per heavy atom. The number of hydrogen-bond donors (Lipinski definition) is 1.